The highest BCUT2D eigenvalue weighted by molar-refractivity contribution is 5.98. The van der Waals surface area contributed by atoms with Crippen LogP contribution < -0.4 is 0 Å². The van der Waals surface area contributed by atoms with Crippen molar-refractivity contribution in [2.45, 2.75) is 13.0 Å². The molecule has 132 valence electrons. The van der Waals surface area contributed by atoms with Gasteiger partial charge in [0, 0.05) is 24.4 Å². The van der Waals surface area contributed by atoms with E-state index in [0.29, 0.717) is 24.2 Å². The highest BCUT2D eigenvalue weighted by Gasteiger charge is 2.15. The van der Waals surface area contributed by atoms with Crippen LogP contribution in [0.15, 0.2) is 42.1 Å². The van der Waals surface area contributed by atoms with Crippen molar-refractivity contribution in [1.29, 1.82) is 10.5 Å². The molecule has 2 rings (SSSR count). The summed E-state index contributed by atoms with van der Waals surface area (Å²) in [6.45, 7) is 0.747. The molecule has 0 aliphatic rings. The fraction of sp³-hybridized carbons (Fsp3) is 0.263. The van der Waals surface area contributed by atoms with Crippen molar-refractivity contribution in [3.63, 3.8) is 0 Å². The number of benzene rings is 1. The fourth-order valence-corrected chi connectivity index (χ4v) is 2.23. The van der Waals surface area contributed by atoms with Crippen LogP contribution in [-0.4, -0.2) is 36.1 Å². The summed E-state index contributed by atoms with van der Waals surface area (Å²) >= 11 is 0. The maximum absolute atomic E-state index is 12.0. The zero-order valence-electron chi connectivity index (χ0n) is 14.4. The highest BCUT2D eigenvalue weighted by Crippen LogP contribution is 2.24. The van der Waals surface area contributed by atoms with E-state index in [1.807, 2.05) is 36.4 Å². The summed E-state index contributed by atoms with van der Waals surface area (Å²) in [7, 11) is 1.50. The van der Waals surface area contributed by atoms with Crippen molar-refractivity contribution in [2.24, 2.45) is 0 Å². The van der Waals surface area contributed by atoms with E-state index in [2.05, 4.69) is 11.2 Å². The number of carbonyl (C=O) groups is 1. The van der Waals surface area contributed by atoms with Gasteiger partial charge < -0.3 is 9.47 Å². The van der Waals surface area contributed by atoms with E-state index in [4.69, 9.17) is 14.7 Å². The van der Waals surface area contributed by atoms with Crippen molar-refractivity contribution in [2.75, 3.05) is 20.3 Å². The Morgan fingerprint density at radius 3 is 2.69 bits per heavy atom. The molecule has 0 unspecified atom stereocenters. The molecule has 1 heterocycles. The van der Waals surface area contributed by atoms with E-state index >= 15 is 0 Å². The number of nitrogens with zero attached hydrogens (tertiary/aromatic N) is 4. The van der Waals surface area contributed by atoms with Gasteiger partial charge >= 0.3 is 5.97 Å². The number of hydrogen-bond acceptors (Lipinski definition) is 6. The molecule has 0 amide bonds. The fourth-order valence-electron chi connectivity index (χ4n) is 2.23. The number of nitriles is 2. The Labute approximate surface area is 151 Å². The minimum Gasteiger partial charge on any atom is -0.459 e. The lowest BCUT2D eigenvalue weighted by molar-refractivity contribution is -0.139. The van der Waals surface area contributed by atoms with Crippen LogP contribution >= 0.6 is 0 Å². The molecule has 1 aromatic carbocycles. The van der Waals surface area contributed by atoms with Crippen LogP contribution in [-0.2, 0) is 20.8 Å². The summed E-state index contributed by atoms with van der Waals surface area (Å²) in [6, 6.07) is 13.3. The largest absolute Gasteiger partial charge is 0.459 e. The number of aryl methyl sites for hydroxylation is 1. The second-order valence-corrected chi connectivity index (χ2v) is 5.27. The van der Waals surface area contributed by atoms with Gasteiger partial charge in [-0.15, -0.1) is 0 Å². The molecular formula is C19H18N4O3. The summed E-state index contributed by atoms with van der Waals surface area (Å²) < 4.78 is 11.5. The van der Waals surface area contributed by atoms with Crippen LogP contribution in [0.4, 0.5) is 0 Å². The molecule has 0 saturated carbocycles. The third-order valence-corrected chi connectivity index (χ3v) is 3.45. The van der Waals surface area contributed by atoms with E-state index < -0.39 is 5.97 Å². The summed E-state index contributed by atoms with van der Waals surface area (Å²) in [6.07, 6.45) is 3.47. The predicted octanol–water partition coefficient (Wildman–Crippen LogP) is 2.56. The standard InChI is InChI=1S/C19H18N4O3/c1-25-10-11-26-19(24)16(13-21)12-17-14-23(9-5-8-20)22-18(17)15-6-3-2-4-7-15/h2-4,6-7,12,14H,5,9-11H2,1H3/b16-12+. The molecule has 0 bridgehead atoms. The Balaban J connectivity index is 2.36. The third-order valence-electron chi connectivity index (χ3n) is 3.45. The highest BCUT2D eigenvalue weighted by atomic mass is 16.6. The molecule has 0 aliphatic heterocycles. The molecule has 7 heteroatoms. The van der Waals surface area contributed by atoms with E-state index in [-0.39, 0.29) is 18.8 Å². The molecular weight excluding hydrogens is 332 g/mol. The van der Waals surface area contributed by atoms with E-state index in [9.17, 15) is 10.1 Å². The zero-order valence-corrected chi connectivity index (χ0v) is 14.4. The van der Waals surface area contributed by atoms with Gasteiger partial charge in [0.1, 0.15) is 18.2 Å². The second kappa shape index (κ2) is 9.77. The lowest BCUT2D eigenvalue weighted by atomic mass is 10.1. The predicted molar refractivity (Wildman–Crippen MR) is 94.3 cm³/mol. The van der Waals surface area contributed by atoms with Gasteiger partial charge in [0.05, 0.1) is 31.3 Å². The van der Waals surface area contributed by atoms with E-state index in [1.54, 1.807) is 10.9 Å². The number of aromatic nitrogens is 2. The monoisotopic (exact) mass is 350 g/mol. The van der Waals surface area contributed by atoms with Gasteiger partial charge in [0.15, 0.2) is 0 Å². The van der Waals surface area contributed by atoms with Crippen LogP contribution in [0, 0.1) is 22.7 Å². The van der Waals surface area contributed by atoms with E-state index in [1.165, 1.54) is 13.2 Å². The van der Waals surface area contributed by atoms with Crippen molar-refractivity contribution in [1.82, 2.24) is 9.78 Å². The lowest BCUT2D eigenvalue weighted by Gasteiger charge is -2.03. The van der Waals surface area contributed by atoms with Crippen molar-refractivity contribution in [3.8, 4) is 23.4 Å². The van der Waals surface area contributed by atoms with Gasteiger partial charge in [-0.25, -0.2) is 4.79 Å². The van der Waals surface area contributed by atoms with Gasteiger partial charge in [-0.05, 0) is 6.08 Å². The molecule has 0 N–H and O–H groups in total. The number of hydrogen-bond donors (Lipinski definition) is 0. The summed E-state index contributed by atoms with van der Waals surface area (Å²) in [5.74, 6) is -0.715. The summed E-state index contributed by atoms with van der Waals surface area (Å²) in [5, 5.41) is 22.5. The van der Waals surface area contributed by atoms with Crippen LogP contribution in [0.25, 0.3) is 17.3 Å². The van der Waals surface area contributed by atoms with Gasteiger partial charge in [-0.2, -0.15) is 15.6 Å². The summed E-state index contributed by atoms with van der Waals surface area (Å²) in [5.41, 5.74) is 1.95. The average molecular weight is 350 g/mol. The Morgan fingerprint density at radius 2 is 2.04 bits per heavy atom. The van der Waals surface area contributed by atoms with Gasteiger partial charge in [-0.1, -0.05) is 30.3 Å². The van der Waals surface area contributed by atoms with Crippen molar-refractivity contribution < 1.29 is 14.3 Å². The maximum atomic E-state index is 12.0. The van der Waals surface area contributed by atoms with Crippen molar-refractivity contribution >= 4 is 12.0 Å². The Bertz CT molecular complexity index is 857. The molecule has 7 nitrogen and oxygen atoms in total. The first-order valence-electron chi connectivity index (χ1n) is 7.97. The lowest BCUT2D eigenvalue weighted by Crippen LogP contribution is -2.11. The normalized spacial score (nSPS) is 10.8. The average Bonchev–Trinajstić information content (AvgIpc) is 3.08. The molecule has 0 spiro atoms. The molecule has 26 heavy (non-hydrogen) atoms. The van der Waals surface area contributed by atoms with E-state index in [0.717, 1.165) is 5.56 Å². The number of esters is 1. The number of rotatable bonds is 8. The molecule has 2 aromatic rings. The SMILES string of the molecule is COCCOC(=O)/C(C#N)=C/c1cn(CCC#N)nc1-c1ccccc1. The first-order chi connectivity index (χ1) is 12.7. The summed E-state index contributed by atoms with van der Waals surface area (Å²) in [4.78, 5) is 12.0. The third kappa shape index (κ3) is 5.04. The number of methoxy groups -OCH3 is 1. The number of carbonyl (C=O) groups excluding carboxylic acids is 1. The molecule has 0 fully saturated rings. The smallest absolute Gasteiger partial charge is 0.348 e. The quantitative estimate of drug-likeness (QED) is 0.314. The zero-order chi connectivity index (χ0) is 18.8. The van der Waals surface area contributed by atoms with Crippen LogP contribution in [0.5, 0.6) is 0 Å². The number of ether oxygens (including phenoxy) is 2. The van der Waals surface area contributed by atoms with Crippen LogP contribution in [0.3, 0.4) is 0 Å². The van der Waals surface area contributed by atoms with Gasteiger partial charge in [0.25, 0.3) is 0 Å². The van der Waals surface area contributed by atoms with Crippen molar-refractivity contribution in [3.05, 3.63) is 47.7 Å². The Hall–Kier alpha value is -3.42. The maximum Gasteiger partial charge on any atom is 0.348 e. The second-order valence-electron chi connectivity index (χ2n) is 5.27. The van der Waals surface area contributed by atoms with Gasteiger partial charge in [-0.3, -0.25) is 4.68 Å². The van der Waals surface area contributed by atoms with Crippen LogP contribution in [0.2, 0.25) is 0 Å². The van der Waals surface area contributed by atoms with Gasteiger partial charge in [0.2, 0.25) is 0 Å². The Kier molecular flexibility index (Phi) is 7.11. The molecule has 0 radical (unpaired) electrons. The minimum absolute atomic E-state index is 0.0708. The minimum atomic E-state index is -0.715. The first-order valence-corrected chi connectivity index (χ1v) is 7.97. The Morgan fingerprint density at radius 1 is 1.27 bits per heavy atom. The first kappa shape index (κ1) is 18.9. The molecule has 0 atom stereocenters. The van der Waals surface area contributed by atoms with Crippen LogP contribution in [0.1, 0.15) is 12.0 Å². The molecule has 1 aromatic heterocycles. The molecule has 0 aliphatic carbocycles. The topological polar surface area (TPSA) is 101 Å². The molecule has 0 saturated heterocycles.